The lowest BCUT2D eigenvalue weighted by Gasteiger charge is -1.98. The van der Waals surface area contributed by atoms with Crippen molar-refractivity contribution in [2.24, 2.45) is 0 Å². The lowest BCUT2D eigenvalue weighted by Crippen LogP contribution is -1.98. The molecule has 1 aromatic rings. The second-order valence-corrected chi connectivity index (χ2v) is 3.19. The molecule has 1 aromatic carbocycles. The van der Waals surface area contributed by atoms with E-state index in [0.717, 1.165) is 0 Å². The van der Waals surface area contributed by atoms with E-state index in [1.54, 1.807) is 18.2 Å². The molecule has 0 atom stereocenters. The van der Waals surface area contributed by atoms with Gasteiger partial charge in [-0.15, -0.1) is 0 Å². The molecular formula is C16H16O3. The average Bonchev–Trinajstić information content (AvgIpc) is 2.47. The first-order valence-corrected chi connectivity index (χ1v) is 5.41. The van der Waals surface area contributed by atoms with Crippen LogP contribution in [0.5, 0.6) is 0 Å². The third kappa shape index (κ3) is 5.98. The quantitative estimate of drug-likeness (QED) is 0.442. The van der Waals surface area contributed by atoms with Gasteiger partial charge in [-0.3, -0.25) is 9.59 Å². The SMILES string of the molecule is C=CC(=O)c1cccc(C(=O)C=C)c1.C=COC=C. The van der Waals surface area contributed by atoms with Crippen molar-refractivity contribution in [3.63, 3.8) is 0 Å². The molecule has 0 radical (unpaired) electrons. The second-order valence-electron chi connectivity index (χ2n) is 3.19. The maximum atomic E-state index is 11.2. The van der Waals surface area contributed by atoms with Gasteiger partial charge >= 0.3 is 0 Å². The summed E-state index contributed by atoms with van der Waals surface area (Å²) in [6.45, 7) is 13.3. The normalized spacial score (nSPS) is 8.21. The summed E-state index contributed by atoms with van der Waals surface area (Å²) in [6, 6.07) is 6.48. The first-order valence-electron chi connectivity index (χ1n) is 5.41. The highest BCUT2D eigenvalue weighted by atomic mass is 16.5. The molecule has 0 saturated carbocycles. The van der Waals surface area contributed by atoms with Crippen LogP contribution in [0.2, 0.25) is 0 Å². The molecular weight excluding hydrogens is 240 g/mol. The van der Waals surface area contributed by atoms with Gasteiger partial charge in [-0.2, -0.15) is 0 Å². The van der Waals surface area contributed by atoms with E-state index in [9.17, 15) is 9.59 Å². The highest BCUT2D eigenvalue weighted by Crippen LogP contribution is 2.07. The molecule has 1 rings (SSSR count). The van der Waals surface area contributed by atoms with Gasteiger partial charge < -0.3 is 4.74 Å². The molecule has 0 aromatic heterocycles. The van der Waals surface area contributed by atoms with Crippen molar-refractivity contribution in [1.29, 1.82) is 0 Å². The smallest absolute Gasteiger partial charge is 0.185 e. The maximum Gasteiger partial charge on any atom is 0.185 e. The van der Waals surface area contributed by atoms with Crippen LogP contribution in [0.25, 0.3) is 0 Å². The number of hydrogen-bond acceptors (Lipinski definition) is 3. The van der Waals surface area contributed by atoms with Crippen molar-refractivity contribution in [2.45, 2.75) is 0 Å². The molecule has 0 spiro atoms. The molecule has 0 aliphatic heterocycles. The Morgan fingerprint density at radius 3 is 1.58 bits per heavy atom. The third-order valence-electron chi connectivity index (χ3n) is 1.99. The molecule has 0 fully saturated rings. The Bertz CT molecular complexity index is 457. The lowest BCUT2D eigenvalue weighted by molar-refractivity contribution is 0.104. The summed E-state index contributed by atoms with van der Waals surface area (Å²) >= 11 is 0. The number of ketones is 2. The summed E-state index contributed by atoms with van der Waals surface area (Å²) in [4.78, 5) is 22.4. The van der Waals surface area contributed by atoms with Crippen molar-refractivity contribution in [3.05, 3.63) is 86.4 Å². The zero-order chi connectivity index (χ0) is 14.7. The monoisotopic (exact) mass is 256 g/mol. The molecule has 0 heterocycles. The number of ether oxygens (including phenoxy) is 1. The third-order valence-corrected chi connectivity index (χ3v) is 1.99. The zero-order valence-electron chi connectivity index (χ0n) is 10.7. The number of hydrogen-bond donors (Lipinski definition) is 0. The molecule has 0 aliphatic rings. The minimum Gasteiger partial charge on any atom is -0.474 e. The van der Waals surface area contributed by atoms with E-state index in [2.05, 4.69) is 31.1 Å². The minimum atomic E-state index is -0.191. The zero-order valence-corrected chi connectivity index (χ0v) is 10.7. The Morgan fingerprint density at radius 1 is 0.895 bits per heavy atom. The topological polar surface area (TPSA) is 43.4 Å². The molecule has 98 valence electrons. The lowest BCUT2D eigenvalue weighted by atomic mass is 10.0. The molecule has 0 aliphatic carbocycles. The van der Waals surface area contributed by atoms with Crippen molar-refractivity contribution in [3.8, 4) is 0 Å². The Balaban J connectivity index is 0.000000555. The molecule has 0 bridgehead atoms. The summed E-state index contributed by atoms with van der Waals surface area (Å²) in [5.41, 5.74) is 0.931. The van der Waals surface area contributed by atoms with Gasteiger partial charge in [0.25, 0.3) is 0 Å². The molecule has 3 heteroatoms. The first-order chi connectivity index (χ1) is 9.10. The largest absolute Gasteiger partial charge is 0.474 e. The molecule has 0 saturated heterocycles. The van der Waals surface area contributed by atoms with E-state index in [1.807, 2.05) is 0 Å². The Hall–Kier alpha value is -2.68. The molecule has 3 nitrogen and oxygen atoms in total. The summed E-state index contributed by atoms with van der Waals surface area (Å²) < 4.78 is 4.36. The van der Waals surface area contributed by atoms with Crippen LogP contribution in [0.15, 0.2) is 75.3 Å². The van der Waals surface area contributed by atoms with Crippen molar-refractivity contribution in [1.82, 2.24) is 0 Å². The van der Waals surface area contributed by atoms with Crippen LogP contribution in [0.3, 0.4) is 0 Å². The van der Waals surface area contributed by atoms with E-state index < -0.39 is 0 Å². The molecule has 19 heavy (non-hydrogen) atoms. The van der Waals surface area contributed by atoms with E-state index in [4.69, 9.17) is 0 Å². The number of carbonyl (C=O) groups is 2. The van der Waals surface area contributed by atoms with Crippen LogP contribution in [0.4, 0.5) is 0 Å². The predicted octanol–water partition coefficient (Wildman–Crippen LogP) is 3.71. The standard InChI is InChI=1S/C12H10O2.C4H6O/c1-3-11(13)9-6-5-7-10(8-9)12(14)4-2;1-3-5-4-2/h3-8H,1-2H2;3-4H,1-2H2. The van der Waals surface area contributed by atoms with E-state index >= 15 is 0 Å². The Morgan fingerprint density at radius 2 is 1.32 bits per heavy atom. The predicted molar refractivity (Wildman–Crippen MR) is 77.0 cm³/mol. The van der Waals surface area contributed by atoms with E-state index in [0.29, 0.717) is 11.1 Å². The fourth-order valence-corrected chi connectivity index (χ4v) is 1.13. The van der Waals surface area contributed by atoms with Gasteiger partial charge in [0.2, 0.25) is 0 Å². The summed E-state index contributed by atoms with van der Waals surface area (Å²) in [5, 5.41) is 0. The fraction of sp³-hybridized carbons (Fsp3) is 0. The van der Waals surface area contributed by atoms with Crippen molar-refractivity contribution >= 4 is 11.6 Å². The van der Waals surface area contributed by atoms with Gasteiger partial charge in [0, 0.05) is 11.1 Å². The summed E-state index contributed by atoms with van der Waals surface area (Å²) in [6.07, 6.45) is 5.06. The van der Waals surface area contributed by atoms with Gasteiger partial charge in [-0.1, -0.05) is 44.5 Å². The maximum absolute atomic E-state index is 11.2. The molecule has 0 unspecified atom stereocenters. The average molecular weight is 256 g/mol. The van der Waals surface area contributed by atoms with E-state index in [-0.39, 0.29) is 11.6 Å². The van der Waals surface area contributed by atoms with Crippen LogP contribution in [0, 0.1) is 0 Å². The van der Waals surface area contributed by atoms with Gasteiger partial charge in [-0.05, 0) is 18.2 Å². The highest BCUT2D eigenvalue weighted by Gasteiger charge is 2.05. The molecule has 0 amide bonds. The summed E-state index contributed by atoms with van der Waals surface area (Å²) in [7, 11) is 0. The second kappa shape index (κ2) is 9.36. The van der Waals surface area contributed by atoms with Gasteiger partial charge in [0.15, 0.2) is 11.6 Å². The summed E-state index contributed by atoms with van der Waals surface area (Å²) in [5.74, 6) is -0.382. The van der Waals surface area contributed by atoms with Crippen molar-refractivity contribution < 1.29 is 14.3 Å². The number of allylic oxidation sites excluding steroid dienone is 2. The van der Waals surface area contributed by atoms with Gasteiger partial charge in [-0.25, -0.2) is 0 Å². The number of benzene rings is 1. The number of rotatable bonds is 6. The van der Waals surface area contributed by atoms with Crippen LogP contribution in [-0.4, -0.2) is 11.6 Å². The van der Waals surface area contributed by atoms with Crippen LogP contribution in [0.1, 0.15) is 20.7 Å². The van der Waals surface area contributed by atoms with Crippen molar-refractivity contribution in [2.75, 3.05) is 0 Å². The molecule has 0 N–H and O–H groups in total. The van der Waals surface area contributed by atoms with Gasteiger partial charge in [0.1, 0.15) is 0 Å². The van der Waals surface area contributed by atoms with Crippen LogP contribution in [-0.2, 0) is 4.74 Å². The van der Waals surface area contributed by atoms with E-state index in [1.165, 1.54) is 30.7 Å². The first kappa shape index (κ1) is 16.3. The van der Waals surface area contributed by atoms with Crippen LogP contribution >= 0.6 is 0 Å². The Labute approximate surface area is 113 Å². The van der Waals surface area contributed by atoms with Gasteiger partial charge in [0.05, 0.1) is 12.5 Å². The number of carbonyl (C=O) groups excluding carboxylic acids is 2. The fourth-order valence-electron chi connectivity index (χ4n) is 1.13. The van der Waals surface area contributed by atoms with Crippen LogP contribution < -0.4 is 0 Å². The minimum absolute atomic E-state index is 0.191. The highest BCUT2D eigenvalue weighted by molar-refractivity contribution is 6.08. The Kier molecular flexibility index (Phi) is 8.04.